The number of hydrogen-bond acceptors (Lipinski definition) is 2. The lowest BCUT2D eigenvalue weighted by atomic mass is 9.45. The van der Waals surface area contributed by atoms with Gasteiger partial charge in [0.05, 0.1) is 11.5 Å². The van der Waals surface area contributed by atoms with Crippen molar-refractivity contribution in [2.45, 2.75) is 58.8 Å². The van der Waals surface area contributed by atoms with Gasteiger partial charge in [0.25, 0.3) is 0 Å². The Morgan fingerprint density at radius 2 is 2.19 bits per heavy atom. The summed E-state index contributed by atoms with van der Waals surface area (Å²) in [5, 5.41) is 10.2. The van der Waals surface area contributed by atoms with Crippen LogP contribution >= 0.6 is 0 Å². The van der Waals surface area contributed by atoms with Crippen LogP contribution in [0, 0.1) is 63.6 Å². The van der Waals surface area contributed by atoms with Crippen molar-refractivity contribution in [1.29, 1.82) is 5.26 Å². The third kappa shape index (κ3) is 1.81. The standard InChI is InChI=1S/C24H31NO/c1-4-14-10-15-11-16(26)6-7-17(15)18-8-9-23(3)22(21(14)18)19-12-20(19)24(23,5-2)13-25/h4,11,14,17-22H,1,5-10,12H2,2-3H3/t14-,17+,18-,19-,20+,21-,22+,23+,24+/m1/s1. The lowest BCUT2D eigenvalue weighted by Gasteiger charge is -2.58. The average Bonchev–Trinajstić information content (AvgIpc) is 3.38. The highest BCUT2D eigenvalue weighted by Crippen LogP contribution is 2.80. The fourth-order valence-corrected chi connectivity index (χ4v) is 8.62. The summed E-state index contributed by atoms with van der Waals surface area (Å²) < 4.78 is 0. The van der Waals surface area contributed by atoms with Crippen molar-refractivity contribution in [2.75, 3.05) is 0 Å². The van der Waals surface area contributed by atoms with Crippen molar-refractivity contribution in [2.24, 2.45) is 52.3 Å². The summed E-state index contributed by atoms with van der Waals surface area (Å²) in [6, 6.07) is 2.87. The van der Waals surface area contributed by atoms with Crippen molar-refractivity contribution in [3.8, 4) is 6.07 Å². The lowest BCUT2D eigenvalue weighted by molar-refractivity contribution is -0.116. The average molecular weight is 350 g/mol. The Morgan fingerprint density at radius 3 is 2.88 bits per heavy atom. The topological polar surface area (TPSA) is 40.9 Å². The van der Waals surface area contributed by atoms with E-state index in [4.69, 9.17) is 0 Å². The zero-order chi connectivity index (χ0) is 18.3. The van der Waals surface area contributed by atoms with Gasteiger partial charge in [0, 0.05) is 6.42 Å². The number of nitriles is 1. The minimum atomic E-state index is -0.0995. The molecule has 26 heavy (non-hydrogen) atoms. The SMILES string of the molecule is C=C[C@@H]1CC2=CC(=O)CC[C@@H]2[C@H]2CC[C@@]3(C)[C@@H]([C@@H]4C[C@@H]4[C@@]3(C#N)CC)[C@@H]21. The van der Waals surface area contributed by atoms with Crippen LogP contribution < -0.4 is 0 Å². The molecule has 5 aliphatic rings. The number of hydrogen-bond donors (Lipinski definition) is 0. The van der Waals surface area contributed by atoms with E-state index in [1.54, 1.807) is 0 Å². The Morgan fingerprint density at radius 1 is 1.38 bits per heavy atom. The Labute approximate surface area is 157 Å². The summed E-state index contributed by atoms with van der Waals surface area (Å²) in [5.74, 6) is 4.92. The van der Waals surface area contributed by atoms with E-state index in [0.29, 0.717) is 41.3 Å². The summed E-state index contributed by atoms with van der Waals surface area (Å²) in [7, 11) is 0. The number of carbonyl (C=O) groups excluding carboxylic acids is 1. The summed E-state index contributed by atoms with van der Waals surface area (Å²) in [6.07, 6.45) is 11.7. The van der Waals surface area contributed by atoms with Crippen LogP contribution in [-0.4, -0.2) is 5.78 Å². The highest BCUT2D eigenvalue weighted by atomic mass is 16.1. The molecule has 0 bridgehead atoms. The van der Waals surface area contributed by atoms with E-state index in [1.165, 1.54) is 24.8 Å². The first kappa shape index (κ1) is 16.8. The van der Waals surface area contributed by atoms with Crippen LogP contribution in [0.2, 0.25) is 0 Å². The normalized spacial score (nSPS) is 54.1. The molecule has 138 valence electrons. The molecule has 0 N–H and O–H groups in total. The molecule has 0 unspecified atom stereocenters. The van der Waals surface area contributed by atoms with E-state index in [2.05, 4.69) is 32.6 Å². The number of rotatable bonds is 2. The van der Waals surface area contributed by atoms with Crippen LogP contribution in [0.15, 0.2) is 24.3 Å². The molecule has 5 rings (SSSR count). The summed E-state index contributed by atoms with van der Waals surface area (Å²) in [6.45, 7) is 8.92. The Hall–Kier alpha value is -1.36. The fraction of sp³-hybridized carbons (Fsp3) is 0.750. The Bertz CT molecular complexity index is 744. The zero-order valence-electron chi connectivity index (χ0n) is 16.2. The summed E-state index contributed by atoms with van der Waals surface area (Å²) in [5.41, 5.74) is 1.50. The zero-order valence-corrected chi connectivity index (χ0v) is 16.2. The molecule has 4 saturated carbocycles. The first-order valence-electron chi connectivity index (χ1n) is 10.8. The molecule has 0 aromatic carbocycles. The van der Waals surface area contributed by atoms with Gasteiger partial charge in [-0.3, -0.25) is 4.79 Å². The second kappa shape index (κ2) is 5.34. The molecule has 0 heterocycles. The number of fused-ring (bicyclic) bond motifs is 7. The van der Waals surface area contributed by atoms with Gasteiger partial charge in [0.2, 0.25) is 0 Å². The van der Waals surface area contributed by atoms with Crippen molar-refractivity contribution in [1.82, 2.24) is 0 Å². The van der Waals surface area contributed by atoms with Crippen molar-refractivity contribution in [3.63, 3.8) is 0 Å². The molecule has 0 aromatic rings. The van der Waals surface area contributed by atoms with Crippen molar-refractivity contribution >= 4 is 5.78 Å². The third-order valence-corrected chi connectivity index (χ3v) is 9.66. The van der Waals surface area contributed by atoms with E-state index < -0.39 is 0 Å². The van der Waals surface area contributed by atoms with Gasteiger partial charge in [0.15, 0.2) is 5.78 Å². The van der Waals surface area contributed by atoms with Gasteiger partial charge < -0.3 is 0 Å². The second-order valence-electron chi connectivity index (χ2n) is 10.1. The Kier molecular flexibility index (Phi) is 3.45. The first-order valence-corrected chi connectivity index (χ1v) is 10.8. The highest BCUT2D eigenvalue weighted by molar-refractivity contribution is 5.91. The van der Waals surface area contributed by atoms with Crippen LogP contribution in [-0.2, 0) is 4.79 Å². The van der Waals surface area contributed by atoms with Crippen molar-refractivity contribution in [3.05, 3.63) is 24.3 Å². The van der Waals surface area contributed by atoms with E-state index in [-0.39, 0.29) is 10.8 Å². The minimum Gasteiger partial charge on any atom is -0.295 e. The third-order valence-electron chi connectivity index (χ3n) is 9.66. The molecule has 0 saturated heterocycles. The maximum atomic E-state index is 12.0. The Balaban J connectivity index is 1.58. The molecule has 0 aliphatic heterocycles. The number of ketones is 1. The maximum Gasteiger partial charge on any atom is 0.155 e. The second-order valence-corrected chi connectivity index (χ2v) is 10.1. The van der Waals surface area contributed by atoms with E-state index in [0.717, 1.165) is 31.6 Å². The number of allylic oxidation sites excluding steroid dienone is 2. The molecular weight excluding hydrogens is 318 g/mol. The minimum absolute atomic E-state index is 0.0995. The van der Waals surface area contributed by atoms with Gasteiger partial charge in [0.1, 0.15) is 0 Å². The molecular formula is C24H31NO. The predicted molar refractivity (Wildman–Crippen MR) is 102 cm³/mol. The van der Waals surface area contributed by atoms with Crippen molar-refractivity contribution < 1.29 is 4.79 Å². The molecule has 2 heteroatoms. The van der Waals surface area contributed by atoms with E-state index >= 15 is 0 Å². The maximum absolute atomic E-state index is 12.0. The van der Waals surface area contributed by atoms with E-state index in [1.807, 2.05) is 6.08 Å². The number of nitrogens with zero attached hydrogens (tertiary/aromatic N) is 1. The van der Waals surface area contributed by atoms with Gasteiger partial charge in [-0.05, 0) is 91.4 Å². The summed E-state index contributed by atoms with van der Waals surface area (Å²) in [4.78, 5) is 12.0. The molecule has 0 spiro atoms. The summed E-state index contributed by atoms with van der Waals surface area (Å²) >= 11 is 0. The van der Waals surface area contributed by atoms with Gasteiger partial charge in [-0.25, -0.2) is 0 Å². The van der Waals surface area contributed by atoms with Crippen LogP contribution in [0.5, 0.6) is 0 Å². The molecule has 9 atom stereocenters. The van der Waals surface area contributed by atoms with Crippen LogP contribution in [0.25, 0.3) is 0 Å². The van der Waals surface area contributed by atoms with Crippen LogP contribution in [0.3, 0.4) is 0 Å². The highest BCUT2D eigenvalue weighted by Gasteiger charge is 2.76. The molecule has 2 nitrogen and oxygen atoms in total. The van der Waals surface area contributed by atoms with Crippen LogP contribution in [0.4, 0.5) is 0 Å². The molecule has 0 amide bonds. The van der Waals surface area contributed by atoms with E-state index in [9.17, 15) is 10.1 Å². The quantitative estimate of drug-likeness (QED) is 0.633. The largest absolute Gasteiger partial charge is 0.295 e. The van der Waals surface area contributed by atoms with Gasteiger partial charge in [-0.2, -0.15) is 5.26 Å². The number of carbonyl (C=O) groups is 1. The molecule has 0 radical (unpaired) electrons. The molecule has 5 aliphatic carbocycles. The lowest BCUT2D eigenvalue weighted by Crippen LogP contribution is -2.53. The smallest absolute Gasteiger partial charge is 0.155 e. The monoisotopic (exact) mass is 349 g/mol. The molecule has 4 fully saturated rings. The van der Waals surface area contributed by atoms with Crippen LogP contribution in [0.1, 0.15) is 58.8 Å². The van der Waals surface area contributed by atoms with Gasteiger partial charge in [-0.1, -0.05) is 25.5 Å². The predicted octanol–water partition coefficient (Wildman–Crippen LogP) is 5.32. The van der Waals surface area contributed by atoms with Gasteiger partial charge >= 0.3 is 0 Å². The first-order chi connectivity index (χ1) is 12.5. The fourth-order valence-electron chi connectivity index (χ4n) is 8.62. The van der Waals surface area contributed by atoms with Gasteiger partial charge in [-0.15, -0.1) is 6.58 Å². The molecule has 0 aromatic heterocycles.